The van der Waals surface area contributed by atoms with Gasteiger partial charge < -0.3 is 9.84 Å². The monoisotopic (exact) mass is 404 g/mol. The molecule has 2 aromatic carbocycles. The summed E-state index contributed by atoms with van der Waals surface area (Å²) in [6, 6.07) is 6.97. The first-order valence-corrected chi connectivity index (χ1v) is 9.57. The van der Waals surface area contributed by atoms with Crippen molar-refractivity contribution in [1.29, 1.82) is 0 Å². The molecular formula is C22H19ClF2O3. The van der Waals surface area contributed by atoms with Gasteiger partial charge in [0.05, 0.1) is 11.1 Å². The Bertz CT molecular complexity index is 1010. The number of benzene rings is 2. The van der Waals surface area contributed by atoms with Gasteiger partial charge in [0, 0.05) is 5.02 Å². The molecule has 4 rings (SSSR count). The van der Waals surface area contributed by atoms with Crippen molar-refractivity contribution in [2.24, 2.45) is 0 Å². The van der Waals surface area contributed by atoms with Gasteiger partial charge in [0.15, 0.2) is 5.78 Å². The van der Waals surface area contributed by atoms with Gasteiger partial charge in [-0.3, -0.25) is 4.79 Å². The van der Waals surface area contributed by atoms with Crippen molar-refractivity contribution < 1.29 is 23.4 Å². The summed E-state index contributed by atoms with van der Waals surface area (Å²) >= 11 is 5.71. The van der Waals surface area contributed by atoms with Crippen LogP contribution in [0.1, 0.15) is 37.8 Å². The number of aryl methyl sites for hydroxylation is 1. The molecule has 0 radical (unpaired) electrons. The lowest BCUT2D eigenvalue weighted by Gasteiger charge is -2.31. The Morgan fingerprint density at radius 2 is 1.93 bits per heavy atom. The molecule has 1 N–H and O–H groups in total. The van der Waals surface area contributed by atoms with Crippen molar-refractivity contribution in [1.82, 2.24) is 0 Å². The molecule has 2 atom stereocenters. The van der Waals surface area contributed by atoms with Gasteiger partial charge in [-0.25, -0.2) is 8.78 Å². The summed E-state index contributed by atoms with van der Waals surface area (Å²) in [7, 11) is 0. The number of hydrogen-bond donors (Lipinski definition) is 1. The predicted molar refractivity (Wildman–Crippen MR) is 103 cm³/mol. The number of fused-ring (bicyclic) bond motifs is 2. The second kappa shape index (κ2) is 6.68. The zero-order valence-corrected chi connectivity index (χ0v) is 16.2. The van der Waals surface area contributed by atoms with Crippen LogP contribution in [0.4, 0.5) is 8.78 Å². The first-order chi connectivity index (χ1) is 13.2. The summed E-state index contributed by atoms with van der Waals surface area (Å²) < 4.78 is 34.4. The molecule has 146 valence electrons. The molecule has 1 saturated heterocycles. The van der Waals surface area contributed by atoms with Crippen molar-refractivity contribution in [3.8, 4) is 11.1 Å². The van der Waals surface area contributed by atoms with Gasteiger partial charge >= 0.3 is 0 Å². The third-order valence-corrected chi connectivity index (χ3v) is 5.83. The minimum Gasteiger partial charge on any atom is -0.508 e. The smallest absolute Gasteiger partial charge is 0.195 e. The zero-order valence-electron chi connectivity index (χ0n) is 15.5. The molecule has 0 aromatic heterocycles. The first kappa shape index (κ1) is 19.1. The van der Waals surface area contributed by atoms with E-state index in [4.69, 9.17) is 16.3 Å². The molecule has 0 amide bonds. The maximum absolute atomic E-state index is 14.3. The van der Waals surface area contributed by atoms with E-state index < -0.39 is 23.3 Å². The van der Waals surface area contributed by atoms with E-state index in [1.807, 2.05) is 6.92 Å². The molecule has 0 unspecified atom stereocenters. The Morgan fingerprint density at radius 1 is 1.25 bits per heavy atom. The van der Waals surface area contributed by atoms with Crippen molar-refractivity contribution in [2.45, 2.75) is 44.8 Å². The molecule has 0 saturated carbocycles. The number of halogens is 3. The molecule has 28 heavy (non-hydrogen) atoms. The highest BCUT2D eigenvalue weighted by molar-refractivity contribution is 6.30. The second-order valence-corrected chi connectivity index (χ2v) is 7.87. The molecular weight excluding hydrogens is 386 g/mol. The van der Waals surface area contributed by atoms with Gasteiger partial charge in [-0.05, 0) is 55.0 Å². The average Bonchev–Trinajstić information content (AvgIpc) is 3.01. The van der Waals surface area contributed by atoms with Gasteiger partial charge in [-0.1, -0.05) is 36.7 Å². The van der Waals surface area contributed by atoms with Crippen LogP contribution >= 0.6 is 11.6 Å². The molecule has 2 aliphatic rings. The van der Waals surface area contributed by atoms with E-state index in [2.05, 4.69) is 0 Å². The maximum atomic E-state index is 14.3. The fourth-order valence-corrected chi connectivity index (χ4v) is 4.29. The number of aliphatic hydroxyl groups is 1. The normalized spacial score (nSPS) is 24.2. The summed E-state index contributed by atoms with van der Waals surface area (Å²) in [5.41, 5.74) is 0.842. The van der Waals surface area contributed by atoms with Crippen LogP contribution in [0.3, 0.4) is 0 Å². The van der Waals surface area contributed by atoms with E-state index in [-0.39, 0.29) is 27.7 Å². The lowest BCUT2D eigenvalue weighted by atomic mass is 9.86. The van der Waals surface area contributed by atoms with E-state index in [1.54, 1.807) is 25.1 Å². The molecule has 2 aliphatic heterocycles. The fourth-order valence-electron chi connectivity index (χ4n) is 4.10. The molecule has 2 aromatic rings. The van der Waals surface area contributed by atoms with E-state index in [0.29, 0.717) is 36.0 Å². The number of Topliss-reactive ketones (excluding diaryl/α,β-unsaturated/α-hetero) is 1. The van der Waals surface area contributed by atoms with Crippen LogP contribution in [0.15, 0.2) is 36.1 Å². The summed E-state index contributed by atoms with van der Waals surface area (Å²) in [4.78, 5) is 12.8. The topological polar surface area (TPSA) is 46.5 Å². The molecule has 2 bridgehead atoms. The Labute approximate surface area is 166 Å². The SMILES string of the molecule is CCc1cc(-c2c(F)cc(Cl)cc2F)ccc1C1=C(O)[C@@]2(C)CC[C@@H](O2)C1=O. The second-order valence-electron chi connectivity index (χ2n) is 7.43. The summed E-state index contributed by atoms with van der Waals surface area (Å²) in [5, 5.41) is 10.7. The number of ether oxygens (including phenoxy) is 1. The standard InChI is InChI=1S/C22H19ClF2O3/c1-3-11-8-12(18-15(24)9-13(23)10-16(18)25)4-5-14(11)19-20(26)17-6-7-22(2,28-17)21(19)27/h4-5,8-10,17,27H,3,6-7H2,1-2H3/t17-,22-/m1/s1. The van der Waals surface area contributed by atoms with Gasteiger partial charge in [-0.15, -0.1) is 0 Å². The highest BCUT2D eigenvalue weighted by Crippen LogP contribution is 2.45. The first-order valence-electron chi connectivity index (χ1n) is 9.19. The quantitative estimate of drug-likeness (QED) is 0.720. The van der Waals surface area contributed by atoms with Gasteiger partial charge in [0.1, 0.15) is 29.1 Å². The molecule has 1 fully saturated rings. The average molecular weight is 405 g/mol. The van der Waals surface area contributed by atoms with Crippen molar-refractivity contribution in [3.63, 3.8) is 0 Å². The van der Waals surface area contributed by atoms with Crippen LogP contribution in [0.2, 0.25) is 5.02 Å². The van der Waals surface area contributed by atoms with Crippen LogP contribution in [-0.4, -0.2) is 22.6 Å². The van der Waals surface area contributed by atoms with Crippen LogP contribution < -0.4 is 0 Å². The third kappa shape index (κ3) is 2.85. The predicted octanol–water partition coefficient (Wildman–Crippen LogP) is 5.64. The lowest BCUT2D eigenvalue weighted by Crippen LogP contribution is -2.37. The molecule has 6 heteroatoms. The molecule has 3 nitrogen and oxygen atoms in total. The van der Waals surface area contributed by atoms with Gasteiger partial charge in [-0.2, -0.15) is 0 Å². The maximum Gasteiger partial charge on any atom is 0.195 e. The minimum absolute atomic E-state index is 0.0160. The summed E-state index contributed by atoms with van der Waals surface area (Å²) in [6.07, 6.45) is 1.08. The van der Waals surface area contributed by atoms with Crippen LogP contribution in [0.25, 0.3) is 16.7 Å². The van der Waals surface area contributed by atoms with Crippen LogP contribution in [-0.2, 0) is 16.0 Å². The highest BCUT2D eigenvalue weighted by Gasteiger charge is 2.50. The Balaban J connectivity index is 1.87. The van der Waals surface area contributed by atoms with Gasteiger partial charge in [0.25, 0.3) is 0 Å². The van der Waals surface area contributed by atoms with E-state index in [1.165, 1.54) is 0 Å². The number of ketones is 1. The number of hydrogen-bond acceptors (Lipinski definition) is 3. The Kier molecular flexibility index (Phi) is 4.55. The van der Waals surface area contributed by atoms with Crippen molar-refractivity contribution in [3.05, 3.63) is 63.9 Å². The Morgan fingerprint density at radius 3 is 2.57 bits per heavy atom. The number of aliphatic hydroxyl groups excluding tert-OH is 1. The van der Waals surface area contributed by atoms with Crippen molar-refractivity contribution in [2.75, 3.05) is 0 Å². The molecule has 0 spiro atoms. The number of rotatable bonds is 3. The van der Waals surface area contributed by atoms with Crippen LogP contribution in [0.5, 0.6) is 0 Å². The third-order valence-electron chi connectivity index (χ3n) is 5.61. The fraction of sp³-hybridized carbons (Fsp3) is 0.318. The molecule has 2 heterocycles. The van der Waals surface area contributed by atoms with Crippen LogP contribution in [0, 0.1) is 11.6 Å². The lowest BCUT2D eigenvalue weighted by molar-refractivity contribution is -0.130. The number of carbonyl (C=O) groups excluding carboxylic acids is 1. The van der Waals surface area contributed by atoms with Gasteiger partial charge in [0.2, 0.25) is 0 Å². The van der Waals surface area contributed by atoms with E-state index >= 15 is 0 Å². The van der Waals surface area contributed by atoms with Crippen molar-refractivity contribution >= 4 is 23.0 Å². The summed E-state index contributed by atoms with van der Waals surface area (Å²) in [5.74, 6) is -1.83. The minimum atomic E-state index is -0.869. The number of carbonyl (C=O) groups is 1. The van der Waals surface area contributed by atoms with E-state index in [0.717, 1.165) is 12.1 Å². The molecule has 0 aliphatic carbocycles. The van der Waals surface area contributed by atoms with E-state index in [9.17, 15) is 18.7 Å². The summed E-state index contributed by atoms with van der Waals surface area (Å²) in [6.45, 7) is 3.65. The Hall–Kier alpha value is -2.24. The highest BCUT2D eigenvalue weighted by atomic mass is 35.5. The zero-order chi connectivity index (χ0) is 20.2. The largest absolute Gasteiger partial charge is 0.508 e.